The summed E-state index contributed by atoms with van der Waals surface area (Å²) in [4.78, 5) is 4.36. The Balaban J connectivity index is 2.71. The van der Waals surface area contributed by atoms with Crippen molar-refractivity contribution in [2.75, 3.05) is 5.73 Å². The van der Waals surface area contributed by atoms with Crippen molar-refractivity contribution in [1.29, 1.82) is 0 Å². The molecule has 0 saturated carbocycles. The molecule has 15 heavy (non-hydrogen) atoms. The summed E-state index contributed by atoms with van der Waals surface area (Å²) in [6, 6.07) is 0. The summed E-state index contributed by atoms with van der Waals surface area (Å²) in [7, 11) is 0. The van der Waals surface area contributed by atoms with Crippen LogP contribution in [0.5, 0.6) is 0 Å². The summed E-state index contributed by atoms with van der Waals surface area (Å²) in [5, 5.41) is 4.43. The second-order valence-corrected chi connectivity index (χ2v) is 3.70. The number of nitrogens with zero attached hydrogens (tertiary/aromatic N) is 4. The van der Waals surface area contributed by atoms with Gasteiger partial charge in [-0.3, -0.25) is 4.57 Å². The topological polar surface area (TPSA) is 61.7 Å². The molecule has 82 valence electrons. The average Bonchev–Trinajstić information content (AvgIpc) is 2.68. The minimum atomic E-state index is 0.592. The zero-order chi connectivity index (χ0) is 11.0. The lowest BCUT2D eigenvalue weighted by molar-refractivity contribution is 0.626. The molecule has 2 aromatic heterocycles. The van der Waals surface area contributed by atoms with Crippen LogP contribution < -0.4 is 5.73 Å². The summed E-state index contributed by atoms with van der Waals surface area (Å²) in [5.74, 6) is 0.592. The van der Waals surface area contributed by atoms with Crippen LogP contribution in [0.15, 0.2) is 0 Å². The zero-order valence-electron chi connectivity index (χ0n) is 9.49. The van der Waals surface area contributed by atoms with Gasteiger partial charge in [0, 0.05) is 13.1 Å². The van der Waals surface area contributed by atoms with Gasteiger partial charge in [0.2, 0.25) is 5.95 Å². The molecule has 0 aliphatic heterocycles. The molecule has 0 aromatic carbocycles. The molecule has 0 spiro atoms. The third kappa shape index (κ3) is 1.38. The maximum Gasteiger partial charge on any atom is 0.202 e. The van der Waals surface area contributed by atoms with Crippen molar-refractivity contribution in [2.24, 2.45) is 0 Å². The Kier molecular flexibility index (Phi) is 2.38. The summed E-state index contributed by atoms with van der Waals surface area (Å²) in [5.41, 5.74) is 8.82. The molecule has 0 unspecified atom stereocenters. The average molecular weight is 207 g/mol. The molecule has 5 heteroatoms. The van der Waals surface area contributed by atoms with Gasteiger partial charge in [-0.15, -0.1) is 0 Å². The molecule has 0 fully saturated rings. The summed E-state index contributed by atoms with van der Waals surface area (Å²) >= 11 is 0. The van der Waals surface area contributed by atoms with Crippen molar-refractivity contribution in [2.45, 2.75) is 40.3 Å². The molecule has 0 aliphatic rings. The number of imidazole rings is 1. The summed E-state index contributed by atoms with van der Waals surface area (Å²) in [6.45, 7) is 7.92. The molecule has 0 saturated heterocycles. The molecule has 0 bridgehead atoms. The molecule has 0 aliphatic carbocycles. The van der Waals surface area contributed by atoms with E-state index in [0.29, 0.717) is 5.95 Å². The number of fused-ring (bicyclic) bond motifs is 1. The molecule has 2 aromatic rings. The van der Waals surface area contributed by atoms with Crippen LogP contribution in [0.1, 0.15) is 26.0 Å². The van der Waals surface area contributed by atoms with Crippen LogP contribution in [0.3, 0.4) is 0 Å². The molecule has 2 heterocycles. The van der Waals surface area contributed by atoms with Crippen LogP contribution >= 0.6 is 0 Å². The third-order valence-corrected chi connectivity index (χ3v) is 2.58. The fraction of sp³-hybridized carbons (Fsp3) is 0.600. The van der Waals surface area contributed by atoms with Crippen molar-refractivity contribution in [3.8, 4) is 0 Å². The fourth-order valence-corrected chi connectivity index (χ4v) is 1.91. The molecule has 2 rings (SSSR count). The maximum atomic E-state index is 5.89. The Hall–Kier alpha value is -1.52. The van der Waals surface area contributed by atoms with E-state index in [9.17, 15) is 0 Å². The van der Waals surface area contributed by atoms with E-state index in [-0.39, 0.29) is 0 Å². The number of nitrogens with two attached hydrogens (primary N) is 1. The number of aromatic nitrogens is 4. The normalized spacial score (nSPS) is 11.4. The highest BCUT2D eigenvalue weighted by atomic mass is 15.4. The number of rotatable bonds is 3. The smallest absolute Gasteiger partial charge is 0.202 e. The molecule has 2 N–H and O–H groups in total. The number of aryl methyl sites for hydroxylation is 3. The first-order valence-electron chi connectivity index (χ1n) is 5.38. The first-order chi connectivity index (χ1) is 7.19. The molecule has 0 radical (unpaired) electrons. The number of anilines is 1. The first kappa shape index (κ1) is 10.0. The van der Waals surface area contributed by atoms with Gasteiger partial charge in [0.15, 0.2) is 5.65 Å². The molecule has 0 atom stereocenters. The van der Waals surface area contributed by atoms with Crippen LogP contribution in [0.25, 0.3) is 11.2 Å². The Labute approximate surface area is 88.9 Å². The summed E-state index contributed by atoms with van der Waals surface area (Å²) in [6.07, 6.45) is 1.05. The van der Waals surface area contributed by atoms with E-state index in [1.165, 1.54) is 0 Å². The van der Waals surface area contributed by atoms with Crippen molar-refractivity contribution in [3.05, 3.63) is 5.69 Å². The lowest BCUT2D eigenvalue weighted by Gasteiger charge is -2.05. The Bertz CT molecular complexity index is 479. The van der Waals surface area contributed by atoms with Gasteiger partial charge in [-0.1, -0.05) is 6.92 Å². The fourth-order valence-electron chi connectivity index (χ4n) is 1.91. The molecule has 5 nitrogen and oxygen atoms in total. The van der Waals surface area contributed by atoms with Gasteiger partial charge in [-0.25, -0.2) is 9.67 Å². The van der Waals surface area contributed by atoms with Crippen molar-refractivity contribution in [1.82, 2.24) is 19.3 Å². The summed E-state index contributed by atoms with van der Waals surface area (Å²) < 4.78 is 4.00. The predicted molar refractivity (Wildman–Crippen MR) is 60.6 cm³/mol. The predicted octanol–water partition coefficient (Wildman–Crippen LogP) is 1.55. The van der Waals surface area contributed by atoms with Crippen LogP contribution in [0, 0.1) is 6.92 Å². The Morgan fingerprint density at radius 1 is 1.33 bits per heavy atom. The van der Waals surface area contributed by atoms with Crippen LogP contribution in [-0.4, -0.2) is 19.3 Å². The van der Waals surface area contributed by atoms with E-state index in [1.807, 2.05) is 16.2 Å². The van der Waals surface area contributed by atoms with E-state index in [0.717, 1.165) is 36.4 Å². The highest BCUT2D eigenvalue weighted by Gasteiger charge is 2.15. The number of hydrogen-bond donors (Lipinski definition) is 1. The minimum Gasteiger partial charge on any atom is -0.369 e. The second kappa shape index (κ2) is 3.56. The van der Waals surface area contributed by atoms with Crippen LogP contribution in [0.4, 0.5) is 5.95 Å². The number of nitrogen functional groups attached to an aromatic ring is 1. The van der Waals surface area contributed by atoms with Gasteiger partial charge in [-0.2, -0.15) is 5.10 Å². The Morgan fingerprint density at radius 2 is 2.07 bits per heavy atom. The lowest BCUT2D eigenvalue weighted by atomic mass is 10.4. The SMILES string of the molecule is CCCn1c(N)nc2c(C)nn(CC)c21. The van der Waals surface area contributed by atoms with E-state index in [2.05, 4.69) is 23.9 Å². The lowest BCUT2D eigenvalue weighted by Crippen LogP contribution is -2.07. The van der Waals surface area contributed by atoms with E-state index >= 15 is 0 Å². The zero-order valence-corrected chi connectivity index (χ0v) is 9.49. The monoisotopic (exact) mass is 207 g/mol. The molecule has 0 amide bonds. The highest BCUT2D eigenvalue weighted by Crippen LogP contribution is 2.21. The van der Waals surface area contributed by atoms with E-state index in [1.54, 1.807) is 0 Å². The van der Waals surface area contributed by atoms with Gasteiger partial charge in [0.05, 0.1) is 5.69 Å². The number of hydrogen-bond acceptors (Lipinski definition) is 3. The highest BCUT2D eigenvalue weighted by molar-refractivity contribution is 5.77. The third-order valence-electron chi connectivity index (χ3n) is 2.58. The van der Waals surface area contributed by atoms with Crippen molar-refractivity contribution < 1.29 is 0 Å². The molecular formula is C10H17N5. The minimum absolute atomic E-state index is 0.592. The van der Waals surface area contributed by atoms with Gasteiger partial charge in [0.25, 0.3) is 0 Å². The largest absolute Gasteiger partial charge is 0.369 e. The second-order valence-electron chi connectivity index (χ2n) is 3.70. The Morgan fingerprint density at radius 3 is 2.67 bits per heavy atom. The van der Waals surface area contributed by atoms with Gasteiger partial charge >= 0.3 is 0 Å². The van der Waals surface area contributed by atoms with Gasteiger partial charge in [0.1, 0.15) is 5.52 Å². The molecular weight excluding hydrogens is 190 g/mol. The van der Waals surface area contributed by atoms with Gasteiger partial charge in [-0.05, 0) is 20.3 Å². The van der Waals surface area contributed by atoms with Crippen molar-refractivity contribution in [3.63, 3.8) is 0 Å². The van der Waals surface area contributed by atoms with Crippen LogP contribution in [0.2, 0.25) is 0 Å². The van der Waals surface area contributed by atoms with Gasteiger partial charge < -0.3 is 5.73 Å². The van der Waals surface area contributed by atoms with E-state index in [4.69, 9.17) is 5.73 Å². The van der Waals surface area contributed by atoms with Crippen LogP contribution in [-0.2, 0) is 13.1 Å². The quantitative estimate of drug-likeness (QED) is 0.830. The van der Waals surface area contributed by atoms with Crippen molar-refractivity contribution >= 4 is 17.1 Å². The standard InChI is InChI=1S/C10H17N5/c1-4-6-14-9-8(12-10(14)11)7(3)13-15(9)5-2/h4-6H2,1-3H3,(H2,11,12). The maximum absolute atomic E-state index is 5.89. The van der Waals surface area contributed by atoms with E-state index < -0.39 is 0 Å². The first-order valence-corrected chi connectivity index (χ1v) is 5.38.